The van der Waals surface area contributed by atoms with Crippen molar-refractivity contribution in [3.05, 3.63) is 152 Å². The molecule has 9 heterocycles. The van der Waals surface area contributed by atoms with E-state index in [4.69, 9.17) is 14.4 Å². The molecule has 11 rings (SSSR count). The van der Waals surface area contributed by atoms with Gasteiger partial charge in [-0.3, -0.25) is 23.4 Å². The van der Waals surface area contributed by atoms with Crippen LogP contribution in [0.1, 0.15) is 108 Å². The summed E-state index contributed by atoms with van der Waals surface area (Å²) in [5.41, 5.74) is 6.43. The Balaban J connectivity index is 1.05. The number of imidazole rings is 2. The lowest BCUT2D eigenvalue weighted by molar-refractivity contribution is -0.0593. The van der Waals surface area contributed by atoms with Crippen molar-refractivity contribution < 1.29 is 18.4 Å². The maximum atomic E-state index is 15.4. The minimum absolute atomic E-state index is 0.195. The van der Waals surface area contributed by atoms with Crippen LogP contribution >= 0.6 is 0 Å². The molecule has 1 saturated carbocycles. The summed E-state index contributed by atoms with van der Waals surface area (Å²) in [6.45, 7) is 10.6. The molecule has 8 aromatic rings. The molecule has 2 atom stereocenters. The Bertz CT molecular complexity index is 3220. The number of carbonyl (C=O) groups is 1. The van der Waals surface area contributed by atoms with Crippen LogP contribution in [-0.4, -0.2) is 72.4 Å². The number of halogens is 1. The van der Waals surface area contributed by atoms with Gasteiger partial charge in [-0.05, 0) is 113 Å². The van der Waals surface area contributed by atoms with E-state index in [-0.39, 0.29) is 28.9 Å². The fourth-order valence-electron chi connectivity index (χ4n) is 10.1. The highest BCUT2D eigenvalue weighted by Gasteiger charge is 2.53. The third kappa shape index (κ3) is 5.86. The van der Waals surface area contributed by atoms with E-state index in [0.717, 1.165) is 40.7 Å². The number of ether oxygens (including phenoxy) is 1. The SMILES string of the molecule is Cc1cc(-n2nc3c(c2-n2ccn(-c4ccn5cncc5c4)c2=O)[C@H](C)N(C(=O)c2cn4cc([C@@H]5CCOC(C)(C)C5)ccc4c2C2(c4noc(=O)[nH]4)CC2)CC3)cc(C)c1F. The van der Waals surface area contributed by atoms with Crippen LogP contribution in [0.25, 0.3) is 28.2 Å². The van der Waals surface area contributed by atoms with Gasteiger partial charge in [-0.1, -0.05) is 11.2 Å². The number of amides is 1. The summed E-state index contributed by atoms with van der Waals surface area (Å²) in [5.74, 6) is 0.00364. The summed E-state index contributed by atoms with van der Waals surface area (Å²) in [7, 11) is 0. The predicted octanol–water partition coefficient (Wildman–Crippen LogP) is 6.66. The van der Waals surface area contributed by atoms with Gasteiger partial charge in [0, 0.05) is 61.7 Å². The molecular weight excluding hydrogens is 792 g/mol. The number of carbonyl (C=O) groups excluding carboxylic acids is 1. The fraction of sp³-hybridized carbons (Fsp3) is 0.348. The molecule has 0 bridgehead atoms. The van der Waals surface area contributed by atoms with E-state index < -0.39 is 17.2 Å². The Kier molecular flexibility index (Phi) is 8.36. The first-order valence-electron chi connectivity index (χ1n) is 21.1. The van der Waals surface area contributed by atoms with E-state index in [1.807, 2.05) is 45.2 Å². The summed E-state index contributed by atoms with van der Waals surface area (Å²) in [5, 5.41) is 9.25. The van der Waals surface area contributed by atoms with Crippen molar-refractivity contribution in [2.24, 2.45) is 0 Å². The van der Waals surface area contributed by atoms with Crippen molar-refractivity contribution >= 4 is 16.9 Å². The Morgan fingerprint density at radius 1 is 0.968 bits per heavy atom. The van der Waals surface area contributed by atoms with Gasteiger partial charge >= 0.3 is 11.4 Å². The molecule has 2 aliphatic heterocycles. The Morgan fingerprint density at radius 3 is 2.50 bits per heavy atom. The predicted molar refractivity (Wildman–Crippen MR) is 226 cm³/mol. The third-order valence-electron chi connectivity index (χ3n) is 13.4. The van der Waals surface area contributed by atoms with Gasteiger partial charge < -0.3 is 18.4 Å². The molecular formula is C46H45FN10O5. The first kappa shape index (κ1) is 38.1. The van der Waals surface area contributed by atoms with Crippen LogP contribution in [-0.2, 0) is 16.6 Å². The minimum atomic E-state index is -0.719. The van der Waals surface area contributed by atoms with Crippen molar-refractivity contribution in [1.29, 1.82) is 0 Å². The lowest BCUT2D eigenvalue weighted by atomic mass is 9.84. The van der Waals surface area contributed by atoms with Crippen LogP contribution < -0.4 is 11.4 Å². The highest BCUT2D eigenvalue weighted by Crippen LogP contribution is 2.55. The maximum Gasteiger partial charge on any atom is 0.438 e. The minimum Gasteiger partial charge on any atom is -0.376 e. The lowest BCUT2D eigenvalue weighted by Crippen LogP contribution is -2.40. The van der Waals surface area contributed by atoms with Crippen molar-refractivity contribution in [3.8, 4) is 17.2 Å². The number of aromatic nitrogens is 9. The first-order chi connectivity index (χ1) is 29.8. The van der Waals surface area contributed by atoms with Gasteiger partial charge in [0.2, 0.25) is 0 Å². The number of nitrogens with zero attached hydrogens (tertiary/aromatic N) is 9. The normalized spacial score (nSPS) is 19.4. The van der Waals surface area contributed by atoms with Crippen molar-refractivity contribution in [3.63, 3.8) is 0 Å². The number of H-pyrrole nitrogens is 1. The topological polar surface area (TPSA) is 155 Å². The van der Waals surface area contributed by atoms with E-state index in [9.17, 15) is 9.59 Å². The summed E-state index contributed by atoms with van der Waals surface area (Å²) in [6, 6.07) is 10.9. The van der Waals surface area contributed by atoms with Gasteiger partial charge in [0.15, 0.2) is 5.82 Å². The second-order valence-electron chi connectivity index (χ2n) is 17.8. The molecule has 1 aliphatic carbocycles. The van der Waals surface area contributed by atoms with Crippen LogP contribution in [0.4, 0.5) is 4.39 Å². The number of aryl methyl sites for hydroxylation is 2. The van der Waals surface area contributed by atoms with E-state index in [0.29, 0.717) is 77.7 Å². The van der Waals surface area contributed by atoms with Gasteiger partial charge in [-0.25, -0.2) is 23.6 Å². The highest BCUT2D eigenvalue weighted by molar-refractivity contribution is 5.99. The zero-order chi connectivity index (χ0) is 42.8. The van der Waals surface area contributed by atoms with Crippen LogP contribution in [0.3, 0.4) is 0 Å². The summed E-state index contributed by atoms with van der Waals surface area (Å²) in [6.07, 6.45) is 16.3. The molecule has 7 aromatic heterocycles. The number of hydrogen-bond donors (Lipinski definition) is 1. The zero-order valence-corrected chi connectivity index (χ0v) is 35.1. The largest absolute Gasteiger partial charge is 0.438 e. The number of hydrogen-bond acceptors (Lipinski definition) is 8. The Morgan fingerprint density at radius 2 is 1.76 bits per heavy atom. The Hall–Kier alpha value is -6.81. The van der Waals surface area contributed by atoms with Crippen LogP contribution in [0.2, 0.25) is 0 Å². The standard InChI is InChI=1S/C46H45FN10O5/c1-26-18-32(19-27(2)39(26)47)57-40(56-16-15-55(44(56)60)31-8-13-52-25-48-22-33(52)20-31)37-28(3)54(14-9-35(37)50-57)41(58)34-24-53-23-30(29-10-17-61-45(4,5)21-29)6-7-36(53)38(34)46(11-12-46)42-49-43(59)62-51-42/h6-8,13,15-16,18-20,22-25,28-29H,9-12,14,17,21H2,1-5H3,(H,49,51,59)/t28-,29+/m0/s1. The van der Waals surface area contributed by atoms with Crippen LogP contribution in [0, 0.1) is 19.7 Å². The second-order valence-corrected chi connectivity index (χ2v) is 17.8. The number of rotatable bonds is 7. The Labute approximate surface area is 354 Å². The van der Waals surface area contributed by atoms with Crippen molar-refractivity contribution in [2.45, 2.75) is 89.7 Å². The number of aromatic amines is 1. The average molecular weight is 837 g/mol. The molecule has 0 radical (unpaired) electrons. The van der Waals surface area contributed by atoms with Gasteiger partial charge in [-0.15, -0.1) is 0 Å². The molecule has 1 N–H and O–H groups in total. The van der Waals surface area contributed by atoms with E-state index in [1.165, 1.54) is 0 Å². The fourth-order valence-corrected chi connectivity index (χ4v) is 10.1. The molecule has 1 amide bonds. The van der Waals surface area contributed by atoms with Crippen LogP contribution in [0.5, 0.6) is 0 Å². The smallest absolute Gasteiger partial charge is 0.376 e. The molecule has 16 heteroatoms. The molecule has 1 aromatic carbocycles. The van der Waals surface area contributed by atoms with Crippen molar-refractivity contribution in [2.75, 3.05) is 13.2 Å². The summed E-state index contributed by atoms with van der Waals surface area (Å²) >= 11 is 0. The molecule has 0 unspecified atom stereocenters. The summed E-state index contributed by atoms with van der Waals surface area (Å²) < 4.78 is 34.9. The highest BCUT2D eigenvalue weighted by atomic mass is 19.1. The molecule has 316 valence electrons. The second kappa shape index (κ2) is 13.6. The average Bonchev–Trinajstić information content (AvgIpc) is 3.77. The quantitative estimate of drug-likeness (QED) is 0.187. The maximum absolute atomic E-state index is 15.4. The monoisotopic (exact) mass is 836 g/mol. The van der Waals surface area contributed by atoms with Gasteiger partial charge in [-0.2, -0.15) is 5.10 Å². The van der Waals surface area contributed by atoms with Gasteiger partial charge in [0.25, 0.3) is 5.91 Å². The first-order valence-corrected chi connectivity index (χ1v) is 21.1. The van der Waals surface area contributed by atoms with E-state index in [2.05, 4.69) is 47.3 Å². The molecule has 0 spiro atoms. The number of fused-ring (bicyclic) bond motifs is 3. The molecule has 62 heavy (non-hydrogen) atoms. The molecule has 3 aliphatic rings. The number of benzene rings is 1. The van der Waals surface area contributed by atoms with E-state index >= 15 is 9.18 Å². The zero-order valence-electron chi connectivity index (χ0n) is 35.1. The molecule has 2 fully saturated rings. The number of nitrogens with one attached hydrogen (secondary N) is 1. The number of pyridine rings is 2. The summed E-state index contributed by atoms with van der Waals surface area (Å²) in [4.78, 5) is 51.2. The molecule has 15 nitrogen and oxygen atoms in total. The van der Waals surface area contributed by atoms with Gasteiger partial charge in [0.1, 0.15) is 11.6 Å². The molecule has 1 saturated heterocycles. The third-order valence-corrected chi connectivity index (χ3v) is 13.4. The van der Waals surface area contributed by atoms with E-state index in [1.54, 1.807) is 64.7 Å². The van der Waals surface area contributed by atoms with Crippen LogP contribution in [0.15, 0.2) is 94.0 Å². The van der Waals surface area contributed by atoms with Gasteiger partial charge in [0.05, 0.1) is 63.2 Å². The lowest BCUT2D eigenvalue weighted by Gasteiger charge is -2.35. The van der Waals surface area contributed by atoms with Crippen molar-refractivity contribution in [1.82, 2.24) is 47.7 Å².